The van der Waals surface area contributed by atoms with Gasteiger partial charge >= 0.3 is 0 Å². The van der Waals surface area contributed by atoms with Crippen molar-refractivity contribution in [2.75, 3.05) is 0 Å². The van der Waals surface area contributed by atoms with Crippen LogP contribution in [0, 0.1) is 6.92 Å². The van der Waals surface area contributed by atoms with Crippen LogP contribution >= 0.6 is 11.6 Å². The smallest absolute Gasteiger partial charge is 0.240 e. The van der Waals surface area contributed by atoms with Gasteiger partial charge in [0.15, 0.2) is 0 Å². The number of nitrogens with zero attached hydrogens (tertiary/aromatic N) is 2. The summed E-state index contributed by atoms with van der Waals surface area (Å²) in [5.74, 6) is 1.46. The van der Waals surface area contributed by atoms with E-state index in [1.807, 2.05) is 43.3 Å². The standard InChI is InChI=1S/C16H15ClN2O2/c1-10-3-8-16(21-10)14-9-15(19(18-14)11(2)20)12-4-6-13(17)7-5-12/h3-8,15H,9H2,1-2H3. The lowest BCUT2D eigenvalue weighted by molar-refractivity contribution is -0.130. The van der Waals surface area contributed by atoms with Gasteiger partial charge in [-0.2, -0.15) is 5.10 Å². The zero-order chi connectivity index (χ0) is 15.0. The van der Waals surface area contributed by atoms with Crippen molar-refractivity contribution in [3.8, 4) is 0 Å². The number of aryl methyl sites for hydroxylation is 1. The van der Waals surface area contributed by atoms with Crippen molar-refractivity contribution in [1.82, 2.24) is 5.01 Å². The monoisotopic (exact) mass is 302 g/mol. The molecule has 3 rings (SSSR count). The lowest BCUT2D eigenvalue weighted by Gasteiger charge is -2.20. The van der Waals surface area contributed by atoms with Gasteiger partial charge in [0.25, 0.3) is 0 Å². The van der Waals surface area contributed by atoms with Crippen LogP contribution < -0.4 is 0 Å². The summed E-state index contributed by atoms with van der Waals surface area (Å²) >= 11 is 5.92. The SMILES string of the molecule is CC(=O)N1N=C(c2ccc(C)o2)CC1c1ccc(Cl)cc1. The fourth-order valence-corrected chi connectivity index (χ4v) is 2.61. The topological polar surface area (TPSA) is 45.8 Å². The highest BCUT2D eigenvalue weighted by atomic mass is 35.5. The van der Waals surface area contributed by atoms with E-state index in [1.54, 1.807) is 0 Å². The Morgan fingerprint density at radius 1 is 1.29 bits per heavy atom. The highest BCUT2D eigenvalue weighted by molar-refractivity contribution is 6.30. The number of amides is 1. The molecule has 2 aromatic rings. The summed E-state index contributed by atoms with van der Waals surface area (Å²) in [6, 6.07) is 11.2. The van der Waals surface area contributed by atoms with Gasteiger partial charge in [0, 0.05) is 18.4 Å². The Labute approximate surface area is 128 Å². The molecule has 2 heterocycles. The molecule has 4 nitrogen and oxygen atoms in total. The zero-order valence-electron chi connectivity index (χ0n) is 11.8. The van der Waals surface area contributed by atoms with Crippen molar-refractivity contribution < 1.29 is 9.21 Å². The third-order valence-electron chi connectivity index (χ3n) is 3.51. The van der Waals surface area contributed by atoms with Crippen LogP contribution in [0.15, 0.2) is 45.9 Å². The van der Waals surface area contributed by atoms with Crippen LogP contribution in [0.5, 0.6) is 0 Å². The second-order valence-corrected chi connectivity index (χ2v) is 5.53. The van der Waals surface area contributed by atoms with E-state index in [1.165, 1.54) is 11.9 Å². The van der Waals surface area contributed by atoms with Crippen LogP contribution in [0.1, 0.15) is 36.5 Å². The molecule has 0 aliphatic carbocycles. The van der Waals surface area contributed by atoms with Crippen molar-refractivity contribution in [2.24, 2.45) is 5.10 Å². The van der Waals surface area contributed by atoms with Gasteiger partial charge in [0.05, 0.1) is 6.04 Å². The summed E-state index contributed by atoms with van der Waals surface area (Å²) in [6.45, 7) is 3.40. The number of hydrogen-bond acceptors (Lipinski definition) is 3. The van der Waals surface area contributed by atoms with E-state index in [4.69, 9.17) is 16.0 Å². The maximum atomic E-state index is 11.8. The number of carbonyl (C=O) groups is 1. The maximum absolute atomic E-state index is 11.8. The van der Waals surface area contributed by atoms with Gasteiger partial charge in [-0.1, -0.05) is 23.7 Å². The van der Waals surface area contributed by atoms with Crippen LogP contribution in [0.25, 0.3) is 0 Å². The van der Waals surface area contributed by atoms with Crippen LogP contribution in [0.4, 0.5) is 0 Å². The molecule has 1 amide bonds. The molecule has 21 heavy (non-hydrogen) atoms. The average molecular weight is 303 g/mol. The Balaban J connectivity index is 1.93. The molecule has 1 aliphatic rings. The third-order valence-corrected chi connectivity index (χ3v) is 3.76. The molecule has 0 saturated heterocycles. The van der Waals surface area contributed by atoms with Gasteiger partial charge in [0.1, 0.15) is 17.2 Å². The molecule has 0 fully saturated rings. The first-order valence-corrected chi connectivity index (χ1v) is 7.12. The Morgan fingerprint density at radius 3 is 2.57 bits per heavy atom. The number of rotatable bonds is 2. The highest BCUT2D eigenvalue weighted by Gasteiger charge is 2.32. The number of carbonyl (C=O) groups excluding carboxylic acids is 1. The third kappa shape index (κ3) is 2.72. The van der Waals surface area contributed by atoms with Gasteiger partial charge in [-0.05, 0) is 36.8 Å². The van der Waals surface area contributed by atoms with Crippen LogP contribution in [0.3, 0.4) is 0 Å². The number of hydrogen-bond donors (Lipinski definition) is 0. The molecule has 1 aliphatic heterocycles. The number of hydrazone groups is 1. The molecule has 0 N–H and O–H groups in total. The zero-order valence-corrected chi connectivity index (χ0v) is 12.6. The summed E-state index contributed by atoms with van der Waals surface area (Å²) in [7, 11) is 0. The molecule has 0 radical (unpaired) electrons. The van der Waals surface area contributed by atoms with E-state index in [0.717, 1.165) is 22.8 Å². The predicted octanol–water partition coefficient (Wildman–Crippen LogP) is 3.94. The predicted molar refractivity (Wildman–Crippen MR) is 81.3 cm³/mol. The first-order chi connectivity index (χ1) is 10.0. The molecule has 108 valence electrons. The normalized spacial score (nSPS) is 18.0. The first kappa shape index (κ1) is 13.9. The summed E-state index contributed by atoms with van der Waals surface area (Å²) in [6.07, 6.45) is 0.633. The summed E-state index contributed by atoms with van der Waals surface area (Å²) in [4.78, 5) is 11.8. The quantitative estimate of drug-likeness (QED) is 0.843. The summed E-state index contributed by atoms with van der Waals surface area (Å²) in [5.41, 5.74) is 1.80. The molecular weight excluding hydrogens is 288 g/mol. The van der Waals surface area contributed by atoms with E-state index < -0.39 is 0 Å². The van der Waals surface area contributed by atoms with E-state index in [0.29, 0.717) is 11.4 Å². The van der Waals surface area contributed by atoms with Gasteiger partial charge < -0.3 is 4.42 Å². The number of halogens is 1. The molecule has 0 spiro atoms. The molecular formula is C16H15ClN2O2. The second-order valence-electron chi connectivity index (χ2n) is 5.09. The molecule has 1 unspecified atom stereocenters. The van der Waals surface area contributed by atoms with Gasteiger partial charge in [-0.15, -0.1) is 0 Å². The highest BCUT2D eigenvalue weighted by Crippen LogP contribution is 2.33. The van der Waals surface area contributed by atoms with Gasteiger partial charge in [-0.25, -0.2) is 5.01 Å². The summed E-state index contributed by atoms with van der Waals surface area (Å²) in [5, 5.41) is 6.61. The van der Waals surface area contributed by atoms with Crippen molar-refractivity contribution >= 4 is 23.2 Å². The summed E-state index contributed by atoms with van der Waals surface area (Å²) < 4.78 is 5.61. The van der Waals surface area contributed by atoms with E-state index in [9.17, 15) is 4.79 Å². The Bertz CT molecular complexity index is 703. The molecule has 0 saturated carbocycles. The Morgan fingerprint density at radius 2 is 2.00 bits per heavy atom. The molecule has 0 bridgehead atoms. The van der Waals surface area contributed by atoms with Crippen LogP contribution in [-0.2, 0) is 4.79 Å². The molecule has 1 atom stereocenters. The maximum Gasteiger partial charge on any atom is 0.240 e. The van der Waals surface area contributed by atoms with Gasteiger partial charge in [0.2, 0.25) is 5.91 Å². The lowest BCUT2D eigenvalue weighted by atomic mass is 10.0. The van der Waals surface area contributed by atoms with E-state index >= 15 is 0 Å². The van der Waals surface area contributed by atoms with Gasteiger partial charge in [-0.3, -0.25) is 4.79 Å². The molecule has 5 heteroatoms. The van der Waals surface area contributed by atoms with Crippen molar-refractivity contribution in [3.05, 3.63) is 58.5 Å². The first-order valence-electron chi connectivity index (χ1n) is 6.74. The average Bonchev–Trinajstić information content (AvgIpc) is 3.05. The fraction of sp³-hybridized carbons (Fsp3) is 0.250. The number of benzene rings is 1. The minimum absolute atomic E-state index is 0.0896. The molecule has 1 aromatic carbocycles. The lowest BCUT2D eigenvalue weighted by Crippen LogP contribution is -2.24. The Hall–Kier alpha value is -2.07. The fourth-order valence-electron chi connectivity index (χ4n) is 2.48. The minimum atomic E-state index is -0.111. The van der Waals surface area contributed by atoms with E-state index in [-0.39, 0.29) is 11.9 Å². The van der Waals surface area contributed by atoms with Crippen molar-refractivity contribution in [3.63, 3.8) is 0 Å². The molecule has 1 aromatic heterocycles. The number of furan rings is 1. The van der Waals surface area contributed by atoms with E-state index in [2.05, 4.69) is 5.10 Å². The largest absolute Gasteiger partial charge is 0.460 e. The second kappa shape index (κ2) is 5.37. The minimum Gasteiger partial charge on any atom is -0.460 e. The van der Waals surface area contributed by atoms with Crippen molar-refractivity contribution in [1.29, 1.82) is 0 Å². The van der Waals surface area contributed by atoms with Crippen LogP contribution in [-0.4, -0.2) is 16.6 Å². The Kier molecular flexibility index (Phi) is 3.55. The van der Waals surface area contributed by atoms with Crippen molar-refractivity contribution in [2.45, 2.75) is 26.3 Å². The van der Waals surface area contributed by atoms with Crippen LogP contribution in [0.2, 0.25) is 5.02 Å².